The van der Waals surface area contributed by atoms with Crippen molar-refractivity contribution < 1.29 is 28.7 Å². The summed E-state index contributed by atoms with van der Waals surface area (Å²) in [7, 11) is 0. The molecule has 0 radical (unpaired) electrons. The second-order valence-electron chi connectivity index (χ2n) is 6.01. The summed E-state index contributed by atoms with van der Waals surface area (Å²) >= 11 is 0. The van der Waals surface area contributed by atoms with Gasteiger partial charge in [-0.1, -0.05) is 0 Å². The van der Waals surface area contributed by atoms with Gasteiger partial charge in [0.15, 0.2) is 5.92 Å². The van der Waals surface area contributed by atoms with E-state index in [0.29, 0.717) is 0 Å². The lowest BCUT2D eigenvalue weighted by atomic mass is 9.97. The molecule has 1 rings (SSSR count). The van der Waals surface area contributed by atoms with Crippen molar-refractivity contribution in [3.8, 4) is 0 Å². The Morgan fingerprint density at radius 1 is 0.958 bits per heavy atom. The number of nitrogens with zero attached hydrogens (tertiary/aromatic N) is 2. The van der Waals surface area contributed by atoms with Crippen molar-refractivity contribution in [1.29, 1.82) is 0 Å². The van der Waals surface area contributed by atoms with Crippen molar-refractivity contribution in [1.82, 2.24) is 9.80 Å². The van der Waals surface area contributed by atoms with Crippen LogP contribution in [0.3, 0.4) is 0 Å². The van der Waals surface area contributed by atoms with Crippen molar-refractivity contribution in [2.75, 3.05) is 13.2 Å². The van der Waals surface area contributed by atoms with E-state index in [1.807, 2.05) is 0 Å². The van der Waals surface area contributed by atoms with Crippen LogP contribution in [0.2, 0.25) is 0 Å². The van der Waals surface area contributed by atoms with E-state index >= 15 is 0 Å². The number of hydrogen-bond acceptors (Lipinski definition) is 6. The number of esters is 2. The van der Waals surface area contributed by atoms with Crippen molar-refractivity contribution in [3.63, 3.8) is 0 Å². The van der Waals surface area contributed by atoms with Gasteiger partial charge in [-0.05, 0) is 41.5 Å². The Kier molecular flexibility index (Phi) is 6.74. The summed E-state index contributed by atoms with van der Waals surface area (Å²) in [5, 5.41) is 0. The lowest BCUT2D eigenvalue weighted by Gasteiger charge is -2.29. The van der Waals surface area contributed by atoms with E-state index in [2.05, 4.69) is 0 Å². The molecule has 24 heavy (non-hydrogen) atoms. The highest BCUT2D eigenvalue weighted by Crippen LogP contribution is 2.29. The maximum Gasteiger partial charge on any atom is 0.327 e. The van der Waals surface area contributed by atoms with Crippen LogP contribution in [0.5, 0.6) is 0 Å². The van der Waals surface area contributed by atoms with E-state index in [1.54, 1.807) is 41.5 Å². The smallest absolute Gasteiger partial charge is 0.327 e. The van der Waals surface area contributed by atoms with Gasteiger partial charge in [-0.15, -0.1) is 0 Å². The Balaban J connectivity index is 3.35. The Bertz CT molecular complexity index is 499. The molecule has 0 aromatic carbocycles. The highest BCUT2D eigenvalue weighted by molar-refractivity contribution is 6.10. The lowest BCUT2D eigenvalue weighted by Crippen LogP contribution is -2.51. The molecule has 0 spiro atoms. The molecule has 1 saturated heterocycles. The first-order valence-electron chi connectivity index (χ1n) is 8.17. The van der Waals surface area contributed by atoms with Crippen LogP contribution in [0.25, 0.3) is 0 Å². The quantitative estimate of drug-likeness (QED) is 0.392. The molecular weight excluding hydrogens is 316 g/mol. The molecule has 1 atom stereocenters. The Hall–Kier alpha value is -2.12. The van der Waals surface area contributed by atoms with Gasteiger partial charge < -0.3 is 14.4 Å². The molecule has 3 amide bonds. The predicted octanol–water partition coefficient (Wildman–Crippen LogP) is 1.18. The zero-order valence-corrected chi connectivity index (χ0v) is 15.1. The second kappa shape index (κ2) is 8.12. The molecule has 0 aromatic heterocycles. The van der Waals surface area contributed by atoms with Gasteiger partial charge >= 0.3 is 18.0 Å². The predicted molar refractivity (Wildman–Crippen MR) is 84.9 cm³/mol. The molecule has 1 aliphatic rings. The topological polar surface area (TPSA) is 93.2 Å². The number of carbonyl (C=O) groups excluding carboxylic acids is 4. The summed E-state index contributed by atoms with van der Waals surface area (Å²) in [6, 6.07) is -2.53. The first-order chi connectivity index (χ1) is 11.2. The fourth-order valence-corrected chi connectivity index (χ4v) is 2.74. The highest BCUT2D eigenvalue weighted by atomic mass is 16.6. The minimum Gasteiger partial charge on any atom is -0.465 e. The van der Waals surface area contributed by atoms with Gasteiger partial charge in [-0.2, -0.15) is 0 Å². The van der Waals surface area contributed by atoms with Crippen molar-refractivity contribution in [2.24, 2.45) is 5.92 Å². The molecule has 0 saturated carbocycles. The zero-order chi connectivity index (χ0) is 18.6. The van der Waals surface area contributed by atoms with Crippen LogP contribution in [0, 0.1) is 5.92 Å². The van der Waals surface area contributed by atoms with Crippen molar-refractivity contribution in [3.05, 3.63) is 0 Å². The number of hydrogen-bond donors (Lipinski definition) is 0. The van der Waals surface area contributed by atoms with E-state index < -0.39 is 35.8 Å². The summed E-state index contributed by atoms with van der Waals surface area (Å²) in [4.78, 5) is 52.3. The maximum absolute atomic E-state index is 12.8. The number of rotatable bonds is 7. The summed E-state index contributed by atoms with van der Waals surface area (Å²) in [6.07, 6.45) is 0. The molecule has 136 valence electrons. The molecule has 1 unspecified atom stereocenters. The maximum atomic E-state index is 12.8. The van der Waals surface area contributed by atoms with Gasteiger partial charge in [0.05, 0.1) is 13.2 Å². The van der Waals surface area contributed by atoms with Gasteiger partial charge in [0, 0.05) is 12.1 Å². The number of carbonyl (C=O) groups is 4. The summed E-state index contributed by atoms with van der Waals surface area (Å²) in [5.41, 5.74) is 0. The largest absolute Gasteiger partial charge is 0.465 e. The SMILES string of the molecule is CCOC(=O)C(C(=O)OCC)C1C(=O)N(C(C)C)C(=O)N1C(C)C. The second-order valence-corrected chi connectivity index (χ2v) is 6.01. The molecule has 1 heterocycles. The Morgan fingerprint density at radius 3 is 1.75 bits per heavy atom. The van der Waals surface area contributed by atoms with E-state index in [0.717, 1.165) is 4.90 Å². The highest BCUT2D eigenvalue weighted by Gasteiger charge is 2.55. The molecule has 0 N–H and O–H groups in total. The monoisotopic (exact) mass is 342 g/mol. The average Bonchev–Trinajstić information content (AvgIpc) is 2.71. The van der Waals surface area contributed by atoms with Gasteiger partial charge in [0.1, 0.15) is 6.04 Å². The summed E-state index contributed by atoms with van der Waals surface area (Å²) in [5.74, 6) is -3.81. The van der Waals surface area contributed by atoms with E-state index in [4.69, 9.17) is 9.47 Å². The minimum atomic E-state index is -1.49. The van der Waals surface area contributed by atoms with Crippen molar-refractivity contribution >= 4 is 23.9 Å². The molecule has 8 nitrogen and oxygen atoms in total. The van der Waals surface area contributed by atoms with Crippen LogP contribution in [0.15, 0.2) is 0 Å². The van der Waals surface area contributed by atoms with Crippen LogP contribution in [-0.2, 0) is 23.9 Å². The van der Waals surface area contributed by atoms with Gasteiger partial charge in [-0.3, -0.25) is 19.3 Å². The molecular formula is C16H26N2O6. The van der Waals surface area contributed by atoms with Crippen molar-refractivity contribution in [2.45, 2.75) is 59.7 Å². The van der Waals surface area contributed by atoms with Gasteiger partial charge in [0.25, 0.3) is 5.91 Å². The fraction of sp³-hybridized carbons (Fsp3) is 0.750. The molecule has 1 fully saturated rings. The fourth-order valence-electron chi connectivity index (χ4n) is 2.74. The number of ether oxygens (including phenoxy) is 2. The standard InChI is InChI=1S/C16H26N2O6/c1-7-23-14(20)11(15(21)24-8-2)12-13(19)18(10(5)6)16(22)17(12)9(3)4/h9-12H,7-8H2,1-6H3. The third-order valence-electron chi connectivity index (χ3n) is 3.69. The Morgan fingerprint density at radius 2 is 1.42 bits per heavy atom. The van der Waals surface area contributed by atoms with Gasteiger partial charge in [0.2, 0.25) is 0 Å². The first kappa shape index (κ1) is 19.9. The van der Waals surface area contributed by atoms with E-state index in [1.165, 1.54) is 4.90 Å². The van der Waals surface area contributed by atoms with E-state index in [-0.39, 0.29) is 25.3 Å². The van der Waals surface area contributed by atoms with Crippen LogP contribution in [0.4, 0.5) is 4.79 Å². The number of amides is 3. The van der Waals surface area contributed by atoms with E-state index in [9.17, 15) is 19.2 Å². The molecule has 0 bridgehead atoms. The minimum absolute atomic E-state index is 0.0547. The van der Waals surface area contributed by atoms with Crippen LogP contribution in [0.1, 0.15) is 41.5 Å². The van der Waals surface area contributed by atoms with Crippen LogP contribution >= 0.6 is 0 Å². The number of imide groups is 1. The lowest BCUT2D eigenvalue weighted by molar-refractivity contribution is -0.166. The third kappa shape index (κ3) is 3.68. The Labute approximate surface area is 142 Å². The summed E-state index contributed by atoms with van der Waals surface area (Å²) in [6.45, 7) is 10.1. The normalized spacial score (nSPS) is 18.1. The first-order valence-corrected chi connectivity index (χ1v) is 8.17. The van der Waals surface area contributed by atoms with Crippen LogP contribution in [-0.4, -0.2) is 65.0 Å². The molecule has 1 aliphatic heterocycles. The van der Waals surface area contributed by atoms with Crippen LogP contribution < -0.4 is 0 Å². The molecule has 8 heteroatoms. The average molecular weight is 342 g/mol. The van der Waals surface area contributed by atoms with Gasteiger partial charge in [-0.25, -0.2) is 4.79 Å². The summed E-state index contributed by atoms with van der Waals surface area (Å²) < 4.78 is 9.89. The number of urea groups is 1. The molecule has 0 aromatic rings. The zero-order valence-electron chi connectivity index (χ0n) is 15.1. The molecule has 0 aliphatic carbocycles. The third-order valence-corrected chi connectivity index (χ3v) is 3.69.